The highest BCUT2D eigenvalue weighted by Gasteiger charge is 2.35. The summed E-state index contributed by atoms with van der Waals surface area (Å²) in [6.07, 6.45) is 0.691. The number of carbonyl (C=O) groups is 1. The molecule has 2 heterocycles. The highest BCUT2D eigenvalue weighted by atomic mass is 19.4. The standard InChI is InChI=1S/C16H20F3N3O2/c17-16(18,19)13-7-4-8-14(21-13)24-12-9-22(10-12)15(23)20-11-5-2-1-3-6-11/h4,7-8,11-12H,1-3,5-6,9-10H2,(H,20,23). The van der Waals surface area contributed by atoms with Crippen LogP contribution >= 0.6 is 0 Å². The van der Waals surface area contributed by atoms with Gasteiger partial charge in [-0.05, 0) is 18.9 Å². The Kier molecular flexibility index (Phi) is 4.82. The van der Waals surface area contributed by atoms with Crippen LogP contribution in [0.1, 0.15) is 37.8 Å². The maximum Gasteiger partial charge on any atom is 0.433 e. The molecule has 1 saturated carbocycles. The first-order valence-corrected chi connectivity index (χ1v) is 8.18. The van der Waals surface area contributed by atoms with Gasteiger partial charge in [0.15, 0.2) is 0 Å². The van der Waals surface area contributed by atoms with Crippen LogP contribution in [0.25, 0.3) is 0 Å². The van der Waals surface area contributed by atoms with Crippen LogP contribution in [-0.4, -0.2) is 41.2 Å². The molecule has 24 heavy (non-hydrogen) atoms. The van der Waals surface area contributed by atoms with Crippen molar-refractivity contribution in [3.8, 4) is 5.88 Å². The van der Waals surface area contributed by atoms with E-state index in [1.165, 1.54) is 18.6 Å². The van der Waals surface area contributed by atoms with Gasteiger partial charge in [-0.2, -0.15) is 13.2 Å². The van der Waals surface area contributed by atoms with Crippen molar-refractivity contribution in [1.82, 2.24) is 15.2 Å². The molecule has 0 bridgehead atoms. The summed E-state index contributed by atoms with van der Waals surface area (Å²) in [6, 6.07) is 3.66. The number of aromatic nitrogens is 1. The molecule has 8 heteroatoms. The summed E-state index contributed by atoms with van der Waals surface area (Å²) in [6.45, 7) is 0.715. The largest absolute Gasteiger partial charge is 0.471 e. The zero-order chi connectivity index (χ0) is 17.2. The van der Waals surface area contributed by atoms with Gasteiger partial charge >= 0.3 is 12.2 Å². The smallest absolute Gasteiger partial charge is 0.433 e. The molecule has 2 aliphatic rings. The molecule has 0 aromatic carbocycles. The summed E-state index contributed by atoms with van der Waals surface area (Å²) in [5.41, 5.74) is -0.980. The van der Waals surface area contributed by atoms with E-state index in [1.54, 1.807) is 4.90 Å². The fourth-order valence-corrected chi connectivity index (χ4v) is 3.00. The minimum absolute atomic E-state index is 0.0674. The molecule has 2 amide bonds. The lowest BCUT2D eigenvalue weighted by Crippen LogP contribution is -2.60. The minimum atomic E-state index is -4.50. The van der Waals surface area contributed by atoms with Crippen molar-refractivity contribution >= 4 is 6.03 Å². The van der Waals surface area contributed by atoms with Crippen molar-refractivity contribution in [2.75, 3.05) is 13.1 Å². The van der Waals surface area contributed by atoms with Crippen LogP contribution in [0.3, 0.4) is 0 Å². The zero-order valence-corrected chi connectivity index (χ0v) is 13.2. The average molecular weight is 343 g/mol. The first-order chi connectivity index (χ1) is 11.4. The van der Waals surface area contributed by atoms with Crippen LogP contribution < -0.4 is 10.1 Å². The number of hydrogen-bond acceptors (Lipinski definition) is 3. The molecule has 0 unspecified atom stereocenters. The molecule has 1 aromatic heterocycles. The number of nitrogens with zero attached hydrogens (tertiary/aromatic N) is 2. The Morgan fingerprint density at radius 3 is 2.58 bits per heavy atom. The maximum atomic E-state index is 12.6. The van der Waals surface area contributed by atoms with Gasteiger partial charge < -0.3 is 15.0 Å². The van der Waals surface area contributed by atoms with E-state index in [2.05, 4.69) is 10.3 Å². The Hall–Kier alpha value is -1.99. The van der Waals surface area contributed by atoms with E-state index < -0.39 is 11.9 Å². The van der Waals surface area contributed by atoms with E-state index in [-0.39, 0.29) is 24.1 Å². The van der Waals surface area contributed by atoms with E-state index >= 15 is 0 Å². The lowest BCUT2D eigenvalue weighted by atomic mass is 9.95. The average Bonchev–Trinajstić information content (AvgIpc) is 2.51. The third-order valence-corrected chi connectivity index (χ3v) is 4.37. The van der Waals surface area contributed by atoms with Crippen molar-refractivity contribution < 1.29 is 22.7 Å². The summed E-state index contributed by atoms with van der Waals surface area (Å²) in [4.78, 5) is 17.1. The van der Waals surface area contributed by atoms with Gasteiger partial charge in [0.2, 0.25) is 5.88 Å². The van der Waals surface area contributed by atoms with Crippen molar-refractivity contribution in [2.24, 2.45) is 0 Å². The van der Waals surface area contributed by atoms with Crippen LogP contribution in [-0.2, 0) is 6.18 Å². The first kappa shape index (κ1) is 16.9. The molecule has 1 N–H and O–H groups in total. The number of likely N-dealkylation sites (tertiary alicyclic amines) is 1. The number of urea groups is 1. The minimum Gasteiger partial charge on any atom is -0.471 e. The molecule has 0 atom stereocenters. The molecule has 2 fully saturated rings. The predicted molar refractivity (Wildman–Crippen MR) is 80.6 cm³/mol. The monoisotopic (exact) mass is 343 g/mol. The number of rotatable bonds is 3. The molecule has 132 valence electrons. The Labute approximate surface area is 138 Å². The van der Waals surface area contributed by atoms with Gasteiger partial charge in [0.05, 0.1) is 13.1 Å². The Morgan fingerprint density at radius 1 is 1.21 bits per heavy atom. The van der Waals surface area contributed by atoms with E-state index in [9.17, 15) is 18.0 Å². The quantitative estimate of drug-likeness (QED) is 0.917. The van der Waals surface area contributed by atoms with Gasteiger partial charge in [0, 0.05) is 12.1 Å². The Bertz CT molecular complexity index is 582. The summed E-state index contributed by atoms with van der Waals surface area (Å²) >= 11 is 0. The second-order valence-electron chi connectivity index (χ2n) is 6.29. The SMILES string of the molecule is O=C(NC1CCCCC1)N1CC(Oc2cccc(C(F)(F)F)n2)C1. The first-order valence-electron chi connectivity index (χ1n) is 8.18. The molecular formula is C16H20F3N3O2. The Morgan fingerprint density at radius 2 is 1.92 bits per heavy atom. The number of ether oxygens (including phenoxy) is 1. The number of carbonyl (C=O) groups excluding carboxylic acids is 1. The molecule has 0 radical (unpaired) electrons. The van der Waals surface area contributed by atoms with Crippen molar-refractivity contribution in [3.63, 3.8) is 0 Å². The topological polar surface area (TPSA) is 54.5 Å². The Balaban J connectivity index is 1.46. The normalized spacial score (nSPS) is 19.7. The van der Waals surface area contributed by atoms with E-state index in [0.29, 0.717) is 13.1 Å². The van der Waals surface area contributed by atoms with Gasteiger partial charge in [0.1, 0.15) is 11.8 Å². The van der Waals surface area contributed by atoms with Gasteiger partial charge in [-0.25, -0.2) is 9.78 Å². The molecule has 5 nitrogen and oxygen atoms in total. The van der Waals surface area contributed by atoms with Gasteiger partial charge in [0.25, 0.3) is 0 Å². The highest BCUT2D eigenvalue weighted by molar-refractivity contribution is 5.75. The molecule has 1 aliphatic heterocycles. The number of nitrogens with one attached hydrogen (secondary N) is 1. The van der Waals surface area contributed by atoms with E-state index in [4.69, 9.17) is 4.74 Å². The van der Waals surface area contributed by atoms with Crippen LogP contribution in [0, 0.1) is 0 Å². The lowest BCUT2D eigenvalue weighted by molar-refractivity contribution is -0.141. The van der Waals surface area contributed by atoms with Crippen LogP contribution in [0.5, 0.6) is 5.88 Å². The number of pyridine rings is 1. The van der Waals surface area contributed by atoms with E-state index in [1.807, 2.05) is 0 Å². The number of halogens is 3. The third-order valence-electron chi connectivity index (χ3n) is 4.37. The number of hydrogen-bond donors (Lipinski definition) is 1. The summed E-state index contributed by atoms with van der Waals surface area (Å²) in [7, 11) is 0. The van der Waals surface area contributed by atoms with Crippen molar-refractivity contribution in [1.29, 1.82) is 0 Å². The van der Waals surface area contributed by atoms with Crippen molar-refractivity contribution in [2.45, 2.75) is 50.4 Å². The molecular weight excluding hydrogens is 323 g/mol. The second-order valence-corrected chi connectivity index (χ2v) is 6.29. The number of alkyl halides is 3. The summed E-state index contributed by atoms with van der Waals surface area (Å²) in [5.74, 6) is -0.0674. The fourth-order valence-electron chi connectivity index (χ4n) is 3.00. The van der Waals surface area contributed by atoms with Gasteiger partial charge in [-0.1, -0.05) is 25.3 Å². The molecule has 1 saturated heterocycles. The molecule has 1 aromatic rings. The number of amides is 2. The van der Waals surface area contributed by atoms with Crippen LogP contribution in [0.4, 0.5) is 18.0 Å². The van der Waals surface area contributed by atoms with Gasteiger partial charge in [-0.3, -0.25) is 0 Å². The maximum absolute atomic E-state index is 12.6. The predicted octanol–water partition coefficient (Wildman–Crippen LogP) is 3.21. The van der Waals surface area contributed by atoms with Crippen LogP contribution in [0.15, 0.2) is 18.2 Å². The summed E-state index contributed by atoms with van der Waals surface area (Å²) in [5, 5.41) is 3.00. The molecule has 1 aliphatic carbocycles. The highest BCUT2D eigenvalue weighted by Crippen LogP contribution is 2.29. The fraction of sp³-hybridized carbons (Fsp3) is 0.625. The van der Waals surface area contributed by atoms with Gasteiger partial charge in [-0.15, -0.1) is 0 Å². The van der Waals surface area contributed by atoms with Crippen molar-refractivity contribution in [3.05, 3.63) is 23.9 Å². The molecule has 3 rings (SSSR count). The third kappa shape index (κ3) is 4.10. The zero-order valence-electron chi connectivity index (χ0n) is 13.2. The summed E-state index contributed by atoms with van der Waals surface area (Å²) < 4.78 is 43.3. The second kappa shape index (κ2) is 6.86. The molecule has 0 spiro atoms. The van der Waals surface area contributed by atoms with E-state index in [0.717, 1.165) is 31.7 Å². The lowest BCUT2D eigenvalue weighted by Gasteiger charge is -2.39. The van der Waals surface area contributed by atoms with Crippen LogP contribution in [0.2, 0.25) is 0 Å².